The topological polar surface area (TPSA) is 35.0 Å². The van der Waals surface area contributed by atoms with E-state index in [4.69, 9.17) is 4.74 Å². The number of benzene rings is 1. The van der Waals surface area contributed by atoms with Crippen molar-refractivity contribution in [2.75, 3.05) is 0 Å². The molecule has 3 nitrogen and oxygen atoms in total. The van der Waals surface area contributed by atoms with Gasteiger partial charge in [0.05, 0.1) is 17.3 Å². The second-order valence-electron chi connectivity index (χ2n) is 4.28. The normalized spacial score (nSPS) is 11.6. The number of rotatable bonds is 2. The maximum atomic E-state index is 12.4. The van der Waals surface area contributed by atoms with Crippen molar-refractivity contribution in [3.05, 3.63) is 60.4 Å². The number of hydrogen-bond donors (Lipinski definition) is 0. The van der Waals surface area contributed by atoms with Crippen LogP contribution < -0.4 is 4.74 Å². The Morgan fingerprint density at radius 2 is 1.90 bits per heavy atom. The van der Waals surface area contributed by atoms with Gasteiger partial charge in [0, 0.05) is 17.6 Å². The highest BCUT2D eigenvalue weighted by atomic mass is 19.4. The molecule has 0 amide bonds. The molecule has 0 atom stereocenters. The zero-order chi connectivity index (χ0) is 14.9. The van der Waals surface area contributed by atoms with Crippen LogP contribution in [-0.2, 0) is 6.18 Å². The molecule has 3 aromatic rings. The molecule has 0 unspecified atom stereocenters. The zero-order valence-electron chi connectivity index (χ0n) is 10.6. The van der Waals surface area contributed by atoms with Gasteiger partial charge >= 0.3 is 6.18 Å². The van der Waals surface area contributed by atoms with Crippen LogP contribution in [0.15, 0.2) is 48.7 Å². The van der Waals surface area contributed by atoms with E-state index in [9.17, 15) is 13.2 Å². The van der Waals surface area contributed by atoms with Gasteiger partial charge in [-0.2, -0.15) is 13.2 Å². The first-order valence-corrected chi connectivity index (χ1v) is 6.00. The molecule has 2 heterocycles. The average Bonchev–Trinajstić information content (AvgIpc) is 2.47. The maximum Gasteiger partial charge on any atom is 0.417 e. The highest BCUT2D eigenvalue weighted by Gasteiger charge is 2.30. The van der Waals surface area contributed by atoms with E-state index in [1.165, 1.54) is 6.07 Å². The number of alkyl halides is 3. The van der Waals surface area contributed by atoms with Crippen LogP contribution in [0.2, 0.25) is 0 Å². The van der Waals surface area contributed by atoms with Gasteiger partial charge in [-0.15, -0.1) is 0 Å². The minimum atomic E-state index is -4.41. The minimum absolute atomic E-state index is 0.0952. The molecule has 105 valence electrons. The van der Waals surface area contributed by atoms with Gasteiger partial charge in [-0.1, -0.05) is 6.07 Å². The third kappa shape index (κ3) is 2.94. The Morgan fingerprint density at radius 1 is 1.05 bits per heavy atom. The summed E-state index contributed by atoms with van der Waals surface area (Å²) in [5, 5.41) is 0.846. The molecule has 1 radical (unpaired) electrons. The molecular formula is C15H8F3N2O. The molecule has 0 spiro atoms. The van der Waals surface area contributed by atoms with E-state index in [1.54, 1.807) is 24.3 Å². The van der Waals surface area contributed by atoms with Crippen LogP contribution in [0.4, 0.5) is 13.2 Å². The first-order chi connectivity index (χ1) is 10.0. The SMILES string of the molecule is FC(F)(F)c1ccc(Oc2ccc3n[c]ccc3c2)nc1. The standard InChI is InChI=1S/C15H8F3N2O/c16-15(17,18)11-3-6-14(20-9-11)21-12-4-5-13-10(8-12)2-1-7-19-13/h1-6,8-9H. The van der Waals surface area contributed by atoms with Crippen molar-refractivity contribution in [2.24, 2.45) is 0 Å². The van der Waals surface area contributed by atoms with Crippen LogP contribution in [0.25, 0.3) is 10.9 Å². The second kappa shape index (κ2) is 5.05. The quantitative estimate of drug-likeness (QED) is 0.707. The van der Waals surface area contributed by atoms with Crippen LogP contribution >= 0.6 is 0 Å². The van der Waals surface area contributed by atoms with Gasteiger partial charge < -0.3 is 4.74 Å². The number of aromatic nitrogens is 2. The Balaban J connectivity index is 1.84. The van der Waals surface area contributed by atoms with Gasteiger partial charge in [0.25, 0.3) is 0 Å². The Hall–Kier alpha value is -2.63. The lowest BCUT2D eigenvalue weighted by atomic mass is 10.2. The van der Waals surface area contributed by atoms with Crippen LogP contribution in [0.3, 0.4) is 0 Å². The van der Waals surface area contributed by atoms with Gasteiger partial charge in [0.2, 0.25) is 5.88 Å². The van der Waals surface area contributed by atoms with E-state index in [-0.39, 0.29) is 5.88 Å². The summed E-state index contributed by atoms with van der Waals surface area (Å²) in [6.07, 6.45) is -0.948. The maximum absolute atomic E-state index is 12.4. The fraction of sp³-hybridized carbons (Fsp3) is 0.0667. The monoisotopic (exact) mass is 289 g/mol. The molecule has 0 saturated heterocycles. The lowest BCUT2D eigenvalue weighted by Gasteiger charge is -2.08. The third-order valence-corrected chi connectivity index (χ3v) is 2.81. The smallest absolute Gasteiger partial charge is 0.417 e. The molecule has 0 fully saturated rings. The van der Waals surface area contributed by atoms with Gasteiger partial charge in [-0.3, -0.25) is 0 Å². The van der Waals surface area contributed by atoms with E-state index in [0.29, 0.717) is 5.75 Å². The lowest BCUT2D eigenvalue weighted by molar-refractivity contribution is -0.137. The first-order valence-electron chi connectivity index (χ1n) is 6.00. The summed E-state index contributed by atoms with van der Waals surface area (Å²) in [5.41, 5.74) is -0.0571. The molecule has 0 aliphatic carbocycles. The van der Waals surface area contributed by atoms with E-state index >= 15 is 0 Å². The highest BCUT2D eigenvalue weighted by molar-refractivity contribution is 5.79. The average molecular weight is 289 g/mol. The number of pyridine rings is 2. The van der Waals surface area contributed by atoms with Crippen molar-refractivity contribution < 1.29 is 17.9 Å². The number of hydrogen-bond acceptors (Lipinski definition) is 3. The van der Waals surface area contributed by atoms with Gasteiger partial charge in [-0.05, 0) is 30.3 Å². The minimum Gasteiger partial charge on any atom is -0.439 e. The van der Waals surface area contributed by atoms with Crippen molar-refractivity contribution in [2.45, 2.75) is 6.18 Å². The Kier molecular flexibility index (Phi) is 3.21. The van der Waals surface area contributed by atoms with E-state index in [2.05, 4.69) is 16.2 Å². The second-order valence-corrected chi connectivity index (χ2v) is 4.28. The molecule has 0 bridgehead atoms. The number of fused-ring (bicyclic) bond motifs is 1. The molecule has 0 N–H and O–H groups in total. The van der Waals surface area contributed by atoms with Crippen LogP contribution in [0, 0.1) is 6.20 Å². The number of nitrogens with zero attached hydrogens (tertiary/aromatic N) is 2. The molecule has 3 rings (SSSR count). The molecule has 2 aromatic heterocycles. The van der Waals surface area contributed by atoms with Crippen molar-refractivity contribution >= 4 is 10.9 Å². The zero-order valence-corrected chi connectivity index (χ0v) is 10.6. The first kappa shape index (κ1) is 13.4. The fourth-order valence-electron chi connectivity index (χ4n) is 1.79. The highest BCUT2D eigenvalue weighted by Crippen LogP contribution is 2.30. The number of halogens is 3. The molecule has 0 aliphatic rings. The summed E-state index contributed by atoms with van der Waals surface area (Å²) in [5.74, 6) is 0.570. The Morgan fingerprint density at radius 3 is 2.62 bits per heavy atom. The summed E-state index contributed by atoms with van der Waals surface area (Å²) in [6.45, 7) is 0. The fourth-order valence-corrected chi connectivity index (χ4v) is 1.79. The lowest BCUT2D eigenvalue weighted by Crippen LogP contribution is -2.05. The van der Waals surface area contributed by atoms with Crippen molar-refractivity contribution in [1.29, 1.82) is 0 Å². The Bertz CT molecular complexity index is 770. The molecule has 0 saturated carbocycles. The van der Waals surface area contributed by atoms with Crippen LogP contribution in [0.1, 0.15) is 5.56 Å². The largest absolute Gasteiger partial charge is 0.439 e. The predicted molar refractivity (Wildman–Crippen MR) is 69.9 cm³/mol. The number of ether oxygens (including phenoxy) is 1. The van der Waals surface area contributed by atoms with Gasteiger partial charge in [-0.25, -0.2) is 9.97 Å². The summed E-state index contributed by atoms with van der Waals surface area (Å²) in [4.78, 5) is 7.70. The summed E-state index contributed by atoms with van der Waals surface area (Å²) in [7, 11) is 0. The molecule has 21 heavy (non-hydrogen) atoms. The third-order valence-electron chi connectivity index (χ3n) is 2.81. The molecular weight excluding hydrogens is 281 g/mol. The van der Waals surface area contributed by atoms with Crippen LogP contribution in [-0.4, -0.2) is 9.97 Å². The van der Waals surface area contributed by atoms with E-state index in [0.717, 1.165) is 23.2 Å². The van der Waals surface area contributed by atoms with Crippen LogP contribution in [0.5, 0.6) is 11.6 Å². The van der Waals surface area contributed by atoms with Crippen molar-refractivity contribution in [3.8, 4) is 11.6 Å². The van der Waals surface area contributed by atoms with E-state index < -0.39 is 11.7 Å². The van der Waals surface area contributed by atoms with E-state index in [1.807, 2.05) is 6.07 Å². The summed E-state index contributed by atoms with van der Waals surface area (Å²) in [6, 6.07) is 10.7. The summed E-state index contributed by atoms with van der Waals surface area (Å²) < 4.78 is 42.7. The molecule has 1 aromatic carbocycles. The van der Waals surface area contributed by atoms with Crippen molar-refractivity contribution in [1.82, 2.24) is 9.97 Å². The summed E-state index contributed by atoms with van der Waals surface area (Å²) >= 11 is 0. The van der Waals surface area contributed by atoms with Crippen molar-refractivity contribution in [3.63, 3.8) is 0 Å². The molecule has 0 aliphatic heterocycles. The van der Waals surface area contributed by atoms with Gasteiger partial charge in [0.15, 0.2) is 0 Å². The Labute approximate surface area is 118 Å². The predicted octanol–water partition coefficient (Wildman–Crippen LogP) is 4.24. The van der Waals surface area contributed by atoms with Gasteiger partial charge in [0.1, 0.15) is 5.75 Å². The molecule has 6 heteroatoms.